The number of aliphatic imine (C=N–C) groups is 1. The second-order valence-corrected chi connectivity index (χ2v) is 6.61. The lowest BCUT2D eigenvalue weighted by molar-refractivity contribution is -0.117. The number of aromatic nitrogens is 2. The summed E-state index contributed by atoms with van der Waals surface area (Å²) < 4.78 is 12.9. The number of nitrogens with zero attached hydrogens (tertiary/aromatic N) is 3. The van der Waals surface area contributed by atoms with Gasteiger partial charge in [-0.15, -0.1) is 0 Å². The Labute approximate surface area is 165 Å². The fraction of sp³-hybridized carbons (Fsp3) is 0.350. The summed E-state index contributed by atoms with van der Waals surface area (Å²) in [5.74, 6) is 1.19. The average molecular weight is 378 g/mol. The molecule has 0 aromatic carbocycles. The minimum atomic E-state index is -0.125. The molecule has 3 rings (SSSR count). The number of allylic oxidation sites excluding steroid dienone is 2. The molecule has 2 aromatic rings. The van der Waals surface area contributed by atoms with Crippen LogP contribution in [-0.2, 0) is 21.3 Å². The summed E-state index contributed by atoms with van der Waals surface area (Å²) in [5, 5.41) is 3.74. The van der Waals surface area contributed by atoms with Crippen LogP contribution in [0.15, 0.2) is 41.0 Å². The Balaban J connectivity index is 2.06. The third kappa shape index (κ3) is 3.54. The molecule has 0 unspecified atom stereocenters. The number of aryl methyl sites for hydroxylation is 1. The van der Waals surface area contributed by atoms with Crippen molar-refractivity contribution in [2.75, 3.05) is 19.5 Å². The number of ether oxygens (including phenoxy) is 2. The van der Waals surface area contributed by atoms with Crippen molar-refractivity contribution in [2.45, 2.75) is 19.2 Å². The molecule has 2 radical (unpaired) electrons. The summed E-state index contributed by atoms with van der Waals surface area (Å²) in [5.41, 5.74) is 2.39. The predicted octanol–water partition coefficient (Wildman–Crippen LogP) is 3.05. The molecule has 8 heteroatoms. The average Bonchev–Trinajstić information content (AvgIpc) is 3.34. The van der Waals surface area contributed by atoms with Crippen LogP contribution >= 0.6 is 0 Å². The Kier molecular flexibility index (Phi) is 5.58. The highest BCUT2D eigenvalue weighted by Gasteiger charge is 2.38. The quantitative estimate of drug-likeness (QED) is 0.348. The Morgan fingerprint density at radius 2 is 2.14 bits per heavy atom. The highest BCUT2D eigenvalue weighted by atomic mass is 16.5. The van der Waals surface area contributed by atoms with Gasteiger partial charge < -0.3 is 19.4 Å². The van der Waals surface area contributed by atoms with Gasteiger partial charge >= 0.3 is 0 Å². The maximum Gasteiger partial charge on any atom is 0.228 e. The summed E-state index contributed by atoms with van der Waals surface area (Å²) in [7, 11) is 10.8. The number of pyridine rings is 1. The number of amides is 1. The molecule has 1 N–H and O–H groups in total. The molecule has 144 valence electrons. The van der Waals surface area contributed by atoms with E-state index in [0.717, 1.165) is 23.0 Å². The van der Waals surface area contributed by atoms with Gasteiger partial charge in [0.25, 0.3) is 0 Å². The van der Waals surface area contributed by atoms with Crippen LogP contribution in [0, 0.1) is 5.92 Å². The minimum Gasteiger partial charge on any atom is -0.496 e. The molecule has 0 spiro atoms. The van der Waals surface area contributed by atoms with Crippen LogP contribution in [0.4, 0.5) is 5.82 Å². The SMILES string of the molecule is [B][C@H]1C[C@H]1C(=O)Nc1cc2cc(C(/C(=C\C)OC)=C(/N=C)OC)n(C)c2cn1. The molecule has 1 aliphatic rings. The second kappa shape index (κ2) is 7.92. The zero-order valence-electron chi connectivity index (χ0n) is 16.5. The number of fused-ring (bicyclic) bond motifs is 1. The maximum absolute atomic E-state index is 12.1. The van der Waals surface area contributed by atoms with Crippen molar-refractivity contribution in [3.8, 4) is 0 Å². The lowest BCUT2D eigenvalue weighted by Gasteiger charge is -2.14. The zero-order chi connectivity index (χ0) is 20.4. The van der Waals surface area contributed by atoms with E-state index in [1.165, 1.54) is 7.11 Å². The van der Waals surface area contributed by atoms with E-state index < -0.39 is 0 Å². The first kappa shape index (κ1) is 19.7. The van der Waals surface area contributed by atoms with Crippen molar-refractivity contribution in [1.29, 1.82) is 0 Å². The molecule has 1 fully saturated rings. The lowest BCUT2D eigenvalue weighted by Crippen LogP contribution is -2.15. The number of methoxy groups -OCH3 is 2. The number of carbonyl (C=O) groups excluding carboxylic acids is 1. The highest BCUT2D eigenvalue weighted by molar-refractivity contribution is 6.17. The Hall–Kier alpha value is -3.03. The van der Waals surface area contributed by atoms with Gasteiger partial charge in [0.2, 0.25) is 11.8 Å². The van der Waals surface area contributed by atoms with Gasteiger partial charge in [-0.3, -0.25) is 4.79 Å². The first-order valence-electron chi connectivity index (χ1n) is 8.93. The molecule has 2 aromatic heterocycles. The normalized spacial score (nSPS) is 19.8. The van der Waals surface area contributed by atoms with Gasteiger partial charge in [0.05, 0.1) is 39.5 Å². The van der Waals surface area contributed by atoms with E-state index in [1.807, 2.05) is 36.7 Å². The standard InChI is InChI=1S/C20H23BN4O3/c1-6-16(27-4)18(20(22-2)28-5)14-7-11-8-17(23-10-15(11)25(14)3)24-19(26)12-9-13(12)21/h6-8,10,12-13H,2,9H2,1,3-5H3,(H,23,24,26)/b16-6+,20-18+/t12-,13+/m1/s1. The van der Waals surface area contributed by atoms with Crippen LogP contribution in [0.2, 0.25) is 5.82 Å². The number of anilines is 1. The lowest BCUT2D eigenvalue weighted by atomic mass is 10.0. The van der Waals surface area contributed by atoms with Crippen LogP contribution in [0.5, 0.6) is 0 Å². The van der Waals surface area contributed by atoms with Crippen molar-refractivity contribution in [3.63, 3.8) is 0 Å². The van der Waals surface area contributed by atoms with E-state index >= 15 is 0 Å². The minimum absolute atomic E-state index is 0.0491. The van der Waals surface area contributed by atoms with Crippen molar-refractivity contribution in [2.24, 2.45) is 18.0 Å². The summed E-state index contributed by atoms with van der Waals surface area (Å²) in [6, 6.07) is 3.80. The third-order valence-electron chi connectivity index (χ3n) is 4.89. The molecule has 1 saturated carbocycles. The Morgan fingerprint density at radius 1 is 1.43 bits per heavy atom. The number of hydrogen-bond acceptors (Lipinski definition) is 5. The second-order valence-electron chi connectivity index (χ2n) is 6.61. The summed E-state index contributed by atoms with van der Waals surface area (Å²) in [6.45, 7) is 5.46. The van der Waals surface area contributed by atoms with Crippen molar-refractivity contribution in [3.05, 3.63) is 41.7 Å². The number of rotatable bonds is 7. The molecule has 1 aliphatic carbocycles. The molecule has 2 heterocycles. The third-order valence-corrected chi connectivity index (χ3v) is 4.89. The molecule has 0 bridgehead atoms. The first-order valence-corrected chi connectivity index (χ1v) is 8.93. The molecule has 28 heavy (non-hydrogen) atoms. The maximum atomic E-state index is 12.1. The largest absolute Gasteiger partial charge is 0.496 e. The molecule has 7 nitrogen and oxygen atoms in total. The van der Waals surface area contributed by atoms with Gasteiger partial charge in [-0.2, -0.15) is 0 Å². The smallest absolute Gasteiger partial charge is 0.228 e. The number of nitrogens with one attached hydrogen (secondary N) is 1. The van der Waals surface area contributed by atoms with Crippen molar-refractivity contribution in [1.82, 2.24) is 9.55 Å². The summed E-state index contributed by atoms with van der Waals surface area (Å²) in [4.78, 5) is 20.5. The van der Waals surface area contributed by atoms with Gasteiger partial charge in [-0.05, 0) is 38.3 Å². The van der Waals surface area contributed by atoms with E-state index in [4.69, 9.17) is 17.3 Å². The van der Waals surface area contributed by atoms with Gasteiger partial charge in [0, 0.05) is 18.4 Å². The fourth-order valence-electron chi connectivity index (χ4n) is 3.23. The van der Waals surface area contributed by atoms with Crippen molar-refractivity contribution >= 4 is 42.8 Å². The van der Waals surface area contributed by atoms with Gasteiger partial charge in [0.15, 0.2) is 0 Å². The summed E-state index contributed by atoms with van der Waals surface area (Å²) in [6.07, 6.45) is 4.27. The molecule has 1 amide bonds. The van der Waals surface area contributed by atoms with E-state index in [1.54, 1.807) is 13.3 Å². The number of carbonyl (C=O) groups is 1. The topological polar surface area (TPSA) is 77.7 Å². The zero-order valence-corrected chi connectivity index (χ0v) is 16.5. The molecule has 0 saturated heterocycles. The number of hydrogen-bond donors (Lipinski definition) is 1. The van der Waals surface area contributed by atoms with Crippen LogP contribution in [-0.4, -0.2) is 44.2 Å². The monoisotopic (exact) mass is 378 g/mol. The molecule has 2 atom stereocenters. The Morgan fingerprint density at radius 3 is 2.68 bits per heavy atom. The van der Waals surface area contributed by atoms with Crippen molar-refractivity contribution < 1.29 is 14.3 Å². The summed E-state index contributed by atoms with van der Waals surface area (Å²) >= 11 is 0. The van der Waals surface area contributed by atoms with Gasteiger partial charge in [-0.1, -0.05) is 5.82 Å². The van der Waals surface area contributed by atoms with Crippen LogP contribution < -0.4 is 5.32 Å². The van der Waals surface area contributed by atoms with Gasteiger partial charge in [-0.25, -0.2) is 9.98 Å². The molecular weight excluding hydrogens is 355 g/mol. The van der Waals surface area contributed by atoms with E-state index in [-0.39, 0.29) is 17.6 Å². The molecule has 0 aliphatic heterocycles. The first-order chi connectivity index (χ1) is 13.4. The van der Waals surface area contributed by atoms with E-state index in [2.05, 4.69) is 22.0 Å². The van der Waals surface area contributed by atoms with Gasteiger partial charge in [0.1, 0.15) is 17.2 Å². The molecular formula is C20H23BN4O3. The van der Waals surface area contributed by atoms with E-state index in [9.17, 15) is 4.79 Å². The fourth-order valence-corrected chi connectivity index (χ4v) is 3.23. The predicted molar refractivity (Wildman–Crippen MR) is 111 cm³/mol. The van der Waals surface area contributed by atoms with Crippen LogP contribution in [0.25, 0.3) is 16.5 Å². The highest BCUT2D eigenvalue weighted by Crippen LogP contribution is 2.42. The van der Waals surface area contributed by atoms with Crippen LogP contribution in [0.3, 0.4) is 0 Å². The Bertz CT molecular complexity index is 993. The van der Waals surface area contributed by atoms with E-state index in [0.29, 0.717) is 23.0 Å². The van der Waals surface area contributed by atoms with Crippen LogP contribution in [0.1, 0.15) is 19.0 Å².